The molecule has 5 nitrogen and oxygen atoms in total. The molecule has 0 radical (unpaired) electrons. The molecule has 0 spiro atoms. The van der Waals surface area contributed by atoms with Crippen molar-refractivity contribution >= 4 is 11.9 Å². The van der Waals surface area contributed by atoms with Crippen molar-refractivity contribution < 1.29 is 19.4 Å². The van der Waals surface area contributed by atoms with Gasteiger partial charge in [-0.25, -0.2) is 0 Å². The highest BCUT2D eigenvalue weighted by Gasteiger charge is 2.15. The Balaban J connectivity index is 2.68. The number of benzene rings is 1. The molecule has 0 saturated heterocycles. The van der Waals surface area contributed by atoms with Gasteiger partial charge >= 0.3 is 0 Å². The predicted molar refractivity (Wildman–Crippen MR) is 77.6 cm³/mol. The van der Waals surface area contributed by atoms with E-state index in [9.17, 15) is 14.7 Å². The van der Waals surface area contributed by atoms with E-state index in [1.54, 1.807) is 24.3 Å². The summed E-state index contributed by atoms with van der Waals surface area (Å²) in [5.74, 6) is -0.882. The van der Waals surface area contributed by atoms with Gasteiger partial charge in [0.05, 0.1) is 6.61 Å². The lowest BCUT2D eigenvalue weighted by Gasteiger charge is -2.17. The van der Waals surface area contributed by atoms with Gasteiger partial charge in [-0.1, -0.05) is 26.0 Å². The third-order valence-electron chi connectivity index (χ3n) is 3.18. The molecule has 0 fully saturated rings. The molecule has 0 aliphatic heterocycles. The maximum atomic E-state index is 11.0. The molecule has 0 aromatic heterocycles. The van der Waals surface area contributed by atoms with Gasteiger partial charge in [0.1, 0.15) is 5.75 Å². The molecule has 1 unspecified atom stereocenters. The Morgan fingerprint density at radius 1 is 1.19 bits per heavy atom. The third kappa shape index (κ3) is 6.79. The zero-order valence-electron chi connectivity index (χ0n) is 12.5. The first-order valence-corrected chi connectivity index (χ1v) is 7.09. The molecule has 116 valence electrons. The van der Waals surface area contributed by atoms with E-state index < -0.39 is 17.8 Å². The minimum atomic E-state index is -1.20. The van der Waals surface area contributed by atoms with Gasteiger partial charge in [-0.05, 0) is 42.4 Å². The van der Waals surface area contributed by atoms with Crippen molar-refractivity contribution in [1.82, 2.24) is 0 Å². The molecular formula is C16H22NO4-. The smallest absolute Gasteiger partial charge is 0.218 e. The zero-order valence-corrected chi connectivity index (χ0v) is 12.5. The van der Waals surface area contributed by atoms with Crippen molar-refractivity contribution in [1.29, 1.82) is 0 Å². The number of ether oxygens (including phenoxy) is 1. The second-order valence-electron chi connectivity index (χ2n) is 5.54. The summed E-state index contributed by atoms with van der Waals surface area (Å²) < 4.78 is 5.59. The van der Waals surface area contributed by atoms with Crippen LogP contribution in [0.1, 0.15) is 44.6 Å². The quantitative estimate of drug-likeness (QED) is 0.740. The van der Waals surface area contributed by atoms with Crippen LogP contribution in [0.2, 0.25) is 0 Å². The van der Waals surface area contributed by atoms with Crippen molar-refractivity contribution in [2.75, 3.05) is 6.61 Å². The Hall–Kier alpha value is -2.04. The van der Waals surface area contributed by atoms with Crippen LogP contribution in [0.15, 0.2) is 24.3 Å². The summed E-state index contributed by atoms with van der Waals surface area (Å²) >= 11 is 0. The van der Waals surface area contributed by atoms with E-state index in [0.29, 0.717) is 12.5 Å². The summed E-state index contributed by atoms with van der Waals surface area (Å²) in [5.41, 5.74) is 5.90. The van der Waals surface area contributed by atoms with E-state index in [-0.39, 0.29) is 12.8 Å². The molecule has 0 bridgehead atoms. The van der Waals surface area contributed by atoms with E-state index in [1.807, 2.05) is 0 Å². The lowest BCUT2D eigenvalue weighted by atomic mass is 9.92. The van der Waals surface area contributed by atoms with Crippen molar-refractivity contribution in [3.8, 4) is 5.75 Å². The van der Waals surface area contributed by atoms with Gasteiger partial charge in [0.15, 0.2) is 0 Å². The van der Waals surface area contributed by atoms with Crippen molar-refractivity contribution in [3.63, 3.8) is 0 Å². The first-order chi connectivity index (χ1) is 9.88. The molecule has 1 aromatic rings. The molecular weight excluding hydrogens is 270 g/mol. The molecule has 1 amide bonds. The van der Waals surface area contributed by atoms with E-state index in [2.05, 4.69) is 13.8 Å². The maximum absolute atomic E-state index is 11.0. The standard InChI is InChI=1S/C16H23NO4/c1-11(2)7-8-21-14-5-3-12(4-6-14)13(9-15(17)18)10-16(19)20/h3-6,11,13H,7-10H2,1-2H3,(H2,17,18)(H,19,20)/p-1. The molecule has 21 heavy (non-hydrogen) atoms. The molecule has 1 atom stereocenters. The average Bonchev–Trinajstić information content (AvgIpc) is 2.37. The Bertz CT molecular complexity index is 452. The number of carboxylic acid groups (broad SMARTS) is 1. The van der Waals surface area contributed by atoms with Crippen LogP contribution in [-0.2, 0) is 9.59 Å². The number of primary amides is 1. The number of hydrogen-bond donors (Lipinski definition) is 1. The van der Waals surface area contributed by atoms with Crippen molar-refractivity contribution in [2.24, 2.45) is 11.7 Å². The molecule has 1 aromatic carbocycles. The molecule has 5 heteroatoms. The second-order valence-corrected chi connectivity index (χ2v) is 5.54. The average molecular weight is 292 g/mol. The van der Waals surface area contributed by atoms with E-state index in [4.69, 9.17) is 10.5 Å². The highest BCUT2D eigenvalue weighted by atomic mass is 16.5. The molecule has 0 saturated carbocycles. The number of carbonyl (C=O) groups is 2. The number of carbonyl (C=O) groups excluding carboxylic acids is 2. The minimum Gasteiger partial charge on any atom is -0.550 e. The fourth-order valence-corrected chi connectivity index (χ4v) is 2.00. The SMILES string of the molecule is CC(C)CCOc1ccc(C(CC(N)=O)CC(=O)[O-])cc1. The van der Waals surface area contributed by atoms with Gasteiger partial charge in [-0.15, -0.1) is 0 Å². The first kappa shape index (κ1) is 17.0. The Labute approximate surface area is 125 Å². The van der Waals surface area contributed by atoms with E-state index in [0.717, 1.165) is 17.7 Å². The fourth-order valence-electron chi connectivity index (χ4n) is 2.00. The van der Waals surface area contributed by atoms with Gasteiger partial charge in [0, 0.05) is 12.4 Å². The van der Waals surface area contributed by atoms with Crippen LogP contribution in [-0.4, -0.2) is 18.5 Å². The van der Waals surface area contributed by atoms with Crippen LogP contribution >= 0.6 is 0 Å². The lowest BCUT2D eigenvalue weighted by molar-refractivity contribution is -0.306. The van der Waals surface area contributed by atoms with Crippen LogP contribution in [0.25, 0.3) is 0 Å². The van der Waals surface area contributed by atoms with Crippen LogP contribution in [0, 0.1) is 5.92 Å². The van der Waals surface area contributed by atoms with Crippen LogP contribution in [0.3, 0.4) is 0 Å². The van der Waals surface area contributed by atoms with Crippen molar-refractivity contribution in [3.05, 3.63) is 29.8 Å². The second kappa shape index (κ2) is 8.29. The van der Waals surface area contributed by atoms with Gasteiger partial charge in [-0.3, -0.25) is 4.79 Å². The first-order valence-electron chi connectivity index (χ1n) is 7.09. The summed E-state index contributed by atoms with van der Waals surface area (Å²) in [6.45, 7) is 4.89. The largest absolute Gasteiger partial charge is 0.550 e. The topological polar surface area (TPSA) is 92.5 Å². The number of aliphatic carboxylic acids is 1. The number of rotatable bonds is 9. The van der Waals surface area contributed by atoms with Crippen molar-refractivity contribution in [2.45, 2.75) is 39.0 Å². The Morgan fingerprint density at radius 2 is 1.81 bits per heavy atom. The maximum Gasteiger partial charge on any atom is 0.218 e. The number of nitrogens with two attached hydrogens (primary N) is 1. The Morgan fingerprint density at radius 3 is 2.29 bits per heavy atom. The van der Waals surface area contributed by atoms with Gasteiger partial charge in [-0.2, -0.15) is 0 Å². The monoisotopic (exact) mass is 292 g/mol. The van der Waals surface area contributed by atoms with Gasteiger partial charge in [0.2, 0.25) is 5.91 Å². The highest BCUT2D eigenvalue weighted by Crippen LogP contribution is 2.25. The van der Waals surface area contributed by atoms with Crippen LogP contribution < -0.4 is 15.6 Å². The summed E-state index contributed by atoms with van der Waals surface area (Å²) in [4.78, 5) is 21.8. The summed E-state index contributed by atoms with van der Waals surface area (Å²) in [6, 6.07) is 7.08. The number of carboxylic acids is 1. The summed E-state index contributed by atoms with van der Waals surface area (Å²) in [7, 11) is 0. The molecule has 2 N–H and O–H groups in total. The summed E-state index contributed by atoms with van der Waals surface area (Å²) in [6.07, 6.45) is 0.731. The molecule has 1 rings (SSSR count). The van der Waals surface area contributed by atoms with E-state index in [1.165, 1.54) is 0 Å². The third-order valence-corrected chi connectivity index (χ3v) is 3.18. The molecule has 0 aliphatic rings. The summed E-state index contributed by atoms with van der Waals surface area (Å²) in [5, 5.41) is 10.7. The zero-order chi connectivity index (χ0) is 15.8. The van der Waals surface area contributed by atoms with Gasteiger partial charge in [0.25, 0.3) is 0 Å². The lowest BCUT2D eigenvalue weighted by Crippen LogP contribution is -2.26. The molecule has 0 aliphatic carbocycles. The normalized spacial score (nSPS) is 12.1. The van der Waals surface area contributed by atoms with Crippen LogP contribution in [0.5, 0.6) is 5.75 Å². The number of hydrogen-bond acceptors (Lipinski definition) is 4. The minimum absolute atomic E-state index is 0.0124. The highest BCUT2D eigenvalue weighted by molar-refractivity contribution is 5.76. The fraction of sp³-hybridized carbons (Fsp3) is 0.500. The number of amides is 1. The van der Waals surface area contributed by atoms with E-state index >= 15 is 0 Å². The van der Waals surface area contributed by atoms with Crippen LogP contribution in [0.4, 0.5) is 0 Å². The molecule has 0 heterocycles. The predicted octanol–water partition coefficient (Wildman–Crippen LogP) is 1.21. The van der Waals surface area contributed by atoms with Gasteiger partial charge < -0.3 is 20.4 Å². The Kier molecular flexibility index (Phi) is 6.72.